The van der Waals surface area contributed by atoms with Crippen LogP contribution in [0.25, 0.3) is 0 Å². The van der Waals surface area contributed by atoms with Gasteiger partial charge in [0.1, 0.15) is 28.8 Å². The molecule has 0 saturated heterocycles. The summed E-state index contributed by atoms with van der Waals surface area (Å²) >= 11 is 0. The summed E-state index contributed by atoms with van der Waals surface area (Å²) in [6.07, 6.45) is 0. The monoisotopic (exact) mass is 339 g/mol. The molecule has 0 aliphatic heterocycles. The van der Waals surface area contributed by atoms with Crippen LogP contribution >= 0.6 is 0 Å². The molecule has 2 rings (SSSR count). The number of nitrogens with one attached hydrogen (secondary N) is 1. The summed E-state index contributed by atoms with van der Waals surface area (Å²) in [7, 11) is -2.28. The molecule has 0 heterocycles. The van der Waals surface area contributed by atoms with Gasteiger partial charge in [-0.3, -0.25) is 0 Å². The van der Waals surface area contributed by atoms with E-state index in [4.69, 9.17) is 9.47 Å². The Balaban J connectivity index is 1.96. The van der Waals surface area contributed by atoms with Crippen LogP contribution in [0.2, 0.25) is 0 Å². The third kappa shape index (κ3) is 4.67. The fourth-order valence-corrected chi connectivity index (χ4v) is 3.21. The second-order valence-electron chi connectivity index (χ2n) is 4.85. The van der Waals surface area contributed by atoms with Crippen LogP contribution in [0.5, 0.6) is 11.5 Å². The van der Waals surface area contributed by atoms with Crippen molar-refractivity contribution in [2.45, 2.75) is 11.8 Å². The molecule has 0 aromatic heterocycles. The predicted molar refractivity (Wildman–Crippen MR) is 84.8 cm³/mol. The summed E-state index contributed by atoms with van der Waals surface area (Å²) in [6.45, 7) is 2.01. The van der Waals surface area contributed by atoms with Crippen molar-refractivity contribution in [3.8, 4) is 11.5 Å². The Morgan fingerprint density at radius 3 is 2.48 bits per heavy atom. The lowest BCUT2D eigenvalue weighted by Crippen LogP contribution is -2.28. The number of hydrogen-bond acceptors (Lipinski definition) is 4. The zero-order valence-corrected chi connectivity index (χ0v) is 13.7. The topological polar surface area (TPSA) is 64.6 Å². The fourth-order valence-electron chi connectivity index (χ4n) is 1.95. The van der Waals surface area contributed by atoms with Gasteiger partial charge in [-0.05, 0) is 48.9 Å². The smallest absolute Gasteiger partial charge is 0.244 e. The highest BCUT2D eigenvalue weighted by molar-refractivity contribution is 7.89. The van der Waals surface area contributed by atoms with Crippen molar-refractivity contribution in [3.63, 3.8) is 0 Å². The molecule has 0 aliphatic rings. The van der Waals surface area contributed by atoms with Crippen molar-refractivity contribution in [2.75, 3.05) is 20.3 Å². The Morgan fingerprint density at radius 1 is 1.13 bits per heavy atom. The first kappa shape index (κ1) is 17.2. The van der Waals surface area contributed by atoms with Gasteiger partial charge in [0.2, 0.25) is 10.0 Å². The van der Waals surface area contributed by atoms with Gasteiger partial charge >= 0.3 is 0 Å². The molecule has 1 N–H and O–H groups in total. The first-order chi connectivity index (χ1) is 10.9. The molecule has 0 unspecified atom stereocenters. The van der Waals surface area contributed by atoms with Crippen molar-refractivity contribution >= 4 is 10.0 Å². The van der Waals surface area contributed by atoms with E-state index >= 15 is 0 Å². The maximum absolute atomic E-state index is 12.8. The summed E-state index contributed by atoms with van der Waals surface area (Å²) in [5, 5.41) is 0. The summed E-state index contributed by atoms with van der Waals surface area (Å²) in [4.78, 5) is 0.0850. The molecule has 0 spiro atoms. The molecule has 0 atom stereocenters. The van der Waals surface area contributed by atoms with E-state index in [0.717, 1.165) is 5.56 Å². The molecule has 0 saturated carbocycles. The molecule has 23 heavy (non-hydrogen) atoms. The van der Waals surface area contributed by atoms with E-state index in [9.17, 15) is 12.8 Å². The van der Waals surface area contributed by atoms with E-state index < -0.39 is 10.0 Å². The number of rotatable bonds is 7. The van der Waals surface area contributed by atoms with Crippen LogP contribution in [0.15, 0.2) is 47.4 Å². The summed E-state index contributed by atoms with van der Waals surface area (Å²) in [5.41, 5.74) is 0.814. The predicted octanol–water partition coefficient (Wildman–Crippen LogP) is 2.50. The van der Waals surface area contributed by atoms with Gasteiger partial charge in [0.15, 0.2) is 0 Å². The van der Waals surface area contributed by atoms with Crippen molar-refractivity contribution in [3.05, 3.63) is 53.8 Å². The van der Waals surface area contributed by atoms with Crippen LogP contribution in [0.4, 0.5) is 4.39 Å². The van der Waals surface area contributed by atoms with Crippen molar-refractivity contribution < 1.29 is 22.3 Å². The molecule has 0 bridgehead atoms. The second-order valence-corrected chi connectivity index (χ2v) is 6.59. The Morgan fingerprint density at radius 2 is 1.83 bits per heavy atom. The Kier molecular flexibility index (Phi) is 5.57. The second kappa shape index (κ2) is 7.43. The highest BCUT2D eigenvalue weighted by atomic mass is 32.2. The van der Waals surface area contributed by atoms with Gasteiger partial charge in [-0.1, -0.05) is 6.07 Å². The van der Waals surface area contributed by atoms with Gasteiger partial charge in [-0.25, -0.2) is 17.5 Å². The minimum Gasteiger partial charge on any atom is -0.495 e. The van der Waals surface area contributed by atoms with Crippen LogP contribution < -0.4 is 14.2 Å². The Hall–Kier alpha value is -2.12. The zero-order chi connectivity index (χ0) is 16.9. The molecule has 2 aromatic rings. The van der Waals surface area contributed by atoms with Crippen LogP contribution in [-0.2, 0) is 10.0 Å². The van der Waals surface area contributed by atoms with E-state index in [0.29, 0.717) is 5.75 Å². The number of benzene rings is 2. The highest BCUT2D eigenvalue weighted by Gasteiger charge is 2.19. The number of halogens is 1. The third-order valence-corrected chi connectivity index (χ3v) is 4.57. The molecule has 0 radical (unpaired) electrons. The van der Waals surface area contributed by atoms with Crippen LogP contribution in [-0.4, -0.2) is 28.7 Å². The van der Waals surface area contributed by atoms with Gasteiger partial charge in [-0.2, -0.15) is 0 Å². The van der Waals surface area contributed by atoms with E-state index in [1.54, 1.807) is 25.1 Å². The normalized spacial score (nSPS) is 11.3. The van der Waals surface area contributed by atoms with E-state index in [2.05, 4.69) is 4.72 Å². The molecule has 2 aromatic carbocycles. The summed E-state index contributed by atoms with van der Waals surface area (Å²) < 4.78 is 50.3. The lowest BCUT2D eigenvalue weighted by atomic mass is 10.2. The van der Waals surface area contributed by atoms with Crippen molar-refractivity contribution in [1.82, 2.24) is 4.72 Å². The third-order valence-electron chi connectivity index (χ3n) is 3.09. The molecule has 0 amide bonds. The summed E-state index contributed by atoms with van der Waals surface area (Å²) in [5.74, 6) is 0.394. The standard InChI is InChI=1S/C16H18FNO4S/c1-12-3-8-15(21-2)16(11-12)23(19,20)18-9-10-22-14-6-4-13(17)5-7-14/h3-8,11,18H,9-10H2,1-2H3. The average molecular weight is 339 g/mol. The molecule has 7 heteroatoms. The number of sulfonamides is 1. The van der Waals surface area contributed by atoms with E-state index in [1.165, 1.54) is 31.4 Å². The Labute approximate surface area is 135 Å². The first-order valence-electron chi connectivity index (χ1n) is 6.95. The molecule has 124 valence electrons. The van der Waals surface area contributed by atoms with Gasteiger partial charge in [-0.15, -0.1) is 0 Å². The van der Waals surface area contributed by atoms with Gasteiger partial charge in [0.05, 0.1) is 7.11 Å². The van der Waals surface area contributed by atoms with Crippen LogP contribution in [0, 0.1) is 12.7 Å². The molecule has 0 fully saturated rings. The quantitative estimate of drug-likeness (QED) is 0.787. The van der Waals surface area contributed by atoms with Crippen molar-refractivity contribution in [1.29, 1.82) is 0 Å². The highest BCUT2D eigenvalue weighted by Crippen LogP contribution is 2.24. The number of hydrogen-bond donors (Lipinski definition) is 1. The molecular weight excluding hydrogens is 321 g/mol. The van der Waals surface area contributed by atoms with Crippen molar-refractivity contribution in [2.24, 2.45) is 0 Å². The van der Waals surface area contributed by atoms with Crippen LogP contribution in [0.3, 0.4) is 0 Å². The first-order valence-corrected chi connectivity index (χ1v) is 8.43. The number of ether oxygens (including phenoxy) is 2. The molecule has 5 nitrogen and oxygen atoms in total. The van der Waals surface area contributed by atoms with Gasteiger partial charge in [0, 0.05) is 6.54 Å². The average Bonchev–Trinajstić information content (AvgIpc) is 2.53. The Bertz CT molecular complexity index is 760. The molecular formula is C16H18FNO4S. The summed E-state index contributed by atoms with van der Waals surface area (Å²) in [6, 6.07) is 10.4. The minimum absolute atomic E-state index is 0.0802. The fraction of sp³-hybridized carbons (Fsp3) is 0.250. The van der Waals surface area contributed by atoms with E-state index in [-0.39, 0.29) is 29.6 Å². The molecule has 0 aliphatic carbocycles. The lowest BCUT2D eigenvalue weighted by molar-refractivity contribution is 0.322. The largest absolute Gasteiger partial charge is 0.495 e. The van der Waals surface area contributed by atoms with Gasteiger partial charge < -0.3 is 9.47 Å². The number of aryl methyl sites for hydroxylation is 1. The number of methoxy groups -OCH3 is 1. The van der Waals surface area contributed by atoms with E-state index in [1.807, 2.05) is 0 Å². The van der Waals surface area contributed by atoms with Crippen LogP contribution in [0.1, 0.15) is 5.56 Å². The zero-order valence-electron chi connectivity index (χ0n) is 12.9. The van der Waals surface area contributed by atoms with Gasteiger partial charge in [0.25, 0.3) is 0 Å². The lowest BCUT2D eigenvalue weighted by Gasteiger charge is -2.12. The minimum atomic E-state index is -3.70. The maximum Gasteiger partial charge on any atom is 0.244 e. The maximum atomic E-state index is 12.8. The SMILES string of the molecule is COc1ccc(C)cc1S(=O)(=O)NCCOc1ccc(F)cc1.